The minimum atomic E-state index is -4.14. The van der Waals surface area contributed by atoms with Gasteiger partial charge < -0.3 is 10.2 Å². The van der Waals surface area contributed by atoms with Crippen LogP contribution in [0.15, 0.2) is 24.3 Å². The van der Waals surface area contributed by atoms with Crippen LogP contribution in [0.1, 0.15) is 5.56 Å². The number of benzene rings is 1. The fourth-order valence-electron chi connectivity index (χ4n) is 2.12. The molecule has 0 radical (unpaired) electrons. The molecule has 0 aromatic heterocycles. The molecule has 0 spiro atoms. The highest BCUT2D eigenvalue weighted by molar-refractivity contribution is 5.47. The maximum absolute atomic E-state index is 12.8. The first-order valence-electron chi connectivity index (χ1n) is 6.06. The summed E-state index contributed by atoms with van der Waals surface area (Å²) in [6.45, 7) is 3.19. The highest BCUT2D eigenvalue weighted by Gasteiger charge is 2.41. The maximum atomic E-state index is 12.8. The van der Waals surface area contributed by atoms with Crippen LogP contribution in [0.4, 0.5) is 18.9 Å². The molecule has 1 aliphatic rings. The Morgan fingerprint density at radius 2 is 1.89 bits per heavy atom. The molecule has 1 aliphatic heterocycles. The summed E-state index contributed by atoms with van der Waals surface area (Å²) in [4.78, 5) is 1.80. The van der Waals surface area contributed by atoms with Crippen LogP contribution in [-0.4, -0.2) is 32.4 Å². The lowest BCUT2D eigenvalue weighted by Crippen LogP contribution is -2.38. The van der Waals surface area contributed by atoms with Gasteiger partial charge in [-0.05, 0) is 19.1 Å². The molecule has 2 nitrogen and oxygen atoms in total. The van der Waals surface area contributed by atoms with E-state index in [4.69, 9.17) is 0 Å². The molecule has 1 unspecified atom stereocenters. The predicted octanol–water partition coefficient (Wildman–Crippen LogP) is 2.58. The van der Waals surface area contributed by atoms with Crippen LogP contribution in [0.25, 0.3) is 0 Å². The van der Waals surface area contributed by atoms with Crippen molar-refractivity contribution in [2.24, 2.45) is 5.92 Å². The number of hydrogen-bond acceptors (Lipinski definition) is 2. The van der Waals surface area contributed by atoms with Gasteiger partial charge in [-0.2, -0.15) is 13.2 Å². The molecular formula is C13H17F3N2. The largest absolute Gasteiger partial charge is 0.394 e. The van der Waals surface area contributed by atoms with E-state index in [-0.39, 0.29) is 13.1 Å². The number of nitrogens with zero attached hydrogens (tertiary/aromatic N) is 1. The second-order valence-electron chi connectivity index (χ2n) is 4.72. The lowest BCUT2D eigenvalue weighted by atomic mass is 10.1. The monoisotopic (exact) mass is 258 g/mol. The summed E-state index contributed by atoms with van der Waals surface area (Å²) in [6, 6.07) is 7.62. The van der Waals surface area contributed by atoms with Crippen molar-refractivity contribution in [1.82, 2.24) is 5.32 Å². The third kappa shape index (κ3) is 3.16. The van der Waals surface area contributed by atoms with Crippen LogP contribution >= 0.6 is 0 Å². The van der Waals surface area contributed by atoms with Gasteiger partial charge in [-0.15, -0.1) is 0 Å². The summed E-state index contributed by atoms with van der Waals surface area (Å²) in [5.74, 6) is -1.30. The Labute approximate surface area is 105 Å². The van der Waals surface area contributed by atoms with Gasteiger partial charge in [0.15, 0.2) is 0 Å². The highest BCUT2D eigenvalue weighted by Crippen LogP contribution is 2.29. The molecule has 1 atom stereocenters. The van der Waals surface area contributed by atoms with Crippen LogP contribution in [0.3, 0.4) is 0 Å². The fourth-order valence-corrected chi connectivity index (χ4v) is 2.12. The average molecular weight is 258 g/mol. The Bertz CT molecular complexity index is 386. The normalized spacial score (nSPS) is 21.8. The van der Waals surface area contributed by atoms with Gasteiger partial charge in [0.25, 0.3) is 0 Å². The van der Waals surface area contributed by atoms with E-state index in [1.807, 2.05) is 31.2 Å². The second kappa shape index (κ2) is 5.18. The van der Waals surface area contributed by atoms with Crippen molar-refractivity contribution in [2.45, 2.75) is 13.1 Å². The lowest BCUT2D eigenvalue weighted by molar-refractivity contribution is -0.169. The Balaban J connectivity index is 2.14. The molecule has 5 heteroatoms. The minimum Gasteiger partial charge on any atom is -0.370 e. The summed E-state index contributed by atoms with van der Waals surface area (Å²) < 4.78 is 38.4. The van der Waals surface area contributed by atoms with Crippen LogP contribution in [0.5, 0.6) is 0 Å². The topological polar surface area (TPSA) is 15.3 Å². The van der Waals surface area contributed by atoms with Crippen LogP contribution in [0, 0.1) is 12.8 Å². The molecule has 1 heterocycles. The molecule has 100 valence electrons. The Morgan fingerprint density at radius 1 is 1.22 bits per heavy atom. The summed E-state index contributed by atoms with van der Waals surface area (Å²) in [6.07, 6.45) is -4.14. The number of nitrogens with one attached hydrogen (secondary N) is 1. The van der Waals surface area contributed by atoms with E-state index in [2.05, 4.69) is 5.32 Å². The molecular weight excluding hydrogens is 241 g/mol. The lowest BCUT2D eigenvalue weighted by Gasteiger charge is -2.27. The first-order chi connectivity index (χ1) is 8.47. The molecule has 0 bridgehead atoms. The molecule has 0 aliphatic carbocycles. The predicted molar refractivity (Wildman–Crippen MR) is 65.8 cm³/mol. The number of aryl methyl sites for hydroxylation is 1. The van der Waals surface area contributed by atoms with E-state index in [1.165, 1.54) is 0 Å². The van der Waals surface area contributed by atoms with Gasteiger partial charge in [-0.25, -0.2) is 0 Å². The van der Waals surface area contributed by atoms with E-state index in [1.54, 1.807) is 4.90 Å². The summed E-state index contributed by atoms with van der Waals surface area (Å²) in [5, 5.41) is 2.85. The minimum absolute atomic E-state index is 0.00581. The number of halogens is 3. The summed E-state index contributed by atoms with van der Waals surface area (Å²) in [5.41, 5.74) is 1.97. The number of anilines is 1. The molecule has 1 aromatic rings. The second-order valence-corrected chi connectivity index (χ2v) is 4.72. The Kier molecular flexibility index (Phi) is 3.80. The van der Waals surface area contributed by atoms with Crippen molar-refractivity contribution in [2.75, 3.05) is 31.1 Å². The van der Waals surface area contributed by atoms with Gasteiger partial charge in [0, 0.05) is 31.9 Å². The van der Waals surface area contributed by atoms with Crippen LogP contribution in [0.2, 0.25) is 0 Å². The van der Waals surface area contributed by atoms with Crippen LogP contribution < -0.4 is 10.2 Å². The fraction of sp³-hybridized carbons (Fsp3) is 0.538. The van der Waals surface area contributed by atoms with E-state index >= 15 is 0 Å². The van der Waals surface area contributed by atoms with Crippen molar-refractivity contribution in [3.63, 3.8) is 0 Å². The highest BCUT2D eigenvalue weighted by atomic mass is 19.4. The number of hydrogen-bond donors (Lipinski definition) is 1. The van der Waals surface area contributed by atoms with E-state index in [0.717, 1.165) is 11.3 Å². The maximum Gasteiger partial charge on any atom is 0.394 e. The van der Waals surface area contributed by atoms with Crippen LogP contribution in [-0.2, 0) is 0 Å². The molecule has 0 amide bonds. The van der Waals surface area contributed by atoms with Crippen molar-refractivity contribution >= 4 is 5.69 Å². The van der Waals surface area contributed by atoms with Gasteiger partial charge in [-0.1, -0.05) is 17.7 Å². The zero-order chi connectivity index (χ0) is 13.2. The zero-order valence-corrected chi connectivity index (χ0v) is 10.3. The van der Waals surface area contributed by atoms with Gasteiger partial charge in [0.05, 0.1) is 5.92 Å². The van der Waals surface area contributed by atoms with Gasteiger partial charge in [-0.3, -0.25) is 0 Å². The van der Waals surface area contributed by atoms with E-state index in [0.29, 0.717) is 13.1 Å². The third-order valence-corrected chi connectivity index (χ3v) is 3.25. The van der Waals surface area contributed by atoms with Crippen molar-refractivity contribution in [3.05, 3.63) is 29.8 Å². The number of alkyl halides is 3. The Hall–Kier alpha value is -1.23. The van der Waals surface area contributed by atoms with Gasteiger partial charge >= 0.3 is 6.18 Å². The summed E-state index contributed by atoms with van der Waals surface area (Å²) in [7, 11) is 0. The smallest absolute Gasteiger partial charge is 0.370 e. The first kappa shape index (κ1) is 13.2. The van der Waals surface area contributed by atoms with Gasteiger partial charge in [0.1, 0.15) is 0 Å². The molecule has 1 fully saturated rings. The SMILES string of the molecule is Cc1ccc(N2CCNCC(C(F)(F)F)C2)cc1. The van der Waals surface area contributed by atoms with Crippen molar-refractivity contribution in [3.8, 4) is 0 Å². The number of rotatable bonds is 1. The van der Waals surface area contributed by atoms with Gasteiger partial charge in [0.2, 0.25) is 0 Å². The molecule has 2 rings (SSSR count). The standard InChI is InChI=1S/C13H17F3N2/c1-10-2-4-12(5-3-10)18-7-6-17-8-11(9-18)13(14,15)16/h2-5,11,17H,6-9H2,1H3. The quantitative estimate of drug-likeness (QED) is 0.833. The Morgan fingerprint density at radius 3 is 2.50 bits per heavy atom. The van der Waals surface area contributed by atoms with E-state index < -0.39 is 12.1 Å². The first-order valence-corrected chi connectivity index (χ1v) is 6.06. The molecule has 18 heavy (non-hydrogen) atoms. The molecule has 1 saturated heterocycles. The molecule has 1 aromatic carbocycles. The summed E-state index contributed by atoms with van der Waals surface area (Å²) >= 11 is 0. The van der Waals surface area contributed by atoms with Crippen molar-refractivity contribution in [1.29, 1.82) is 0 Å². The molecule has 1 N–H and O–H groups in total. The van der Waals surface area contributed by atoms with E-state index in [9.17, 15) is 13.2 Å². The third-order valence-electron chi connectivity index (χ3n) is 3.25. The molecule has 0 saturated carbocycles. The van der Waals surface area contributed by atoms with Crippen molar-refractivity contribution < 1.29 is 13.2 Å². The average Bonchev–Trinajstić information content (AvgIpc) is 2.55. The zero-order valence-electron chi connectivity index (χ0n) is 10.3.